The Kier molecular flexibility index (Phi) is 5.54. The summed E-state index contributed by atoms with van der Waals surface area (Å²) in [5.74, 6) is -0.185. The predicted octanol–water partition coefficient (Wildman–Crippen LogP) is 4.69. The second kappa shape index (κ2) is 7.18. The molecule has 0 heterocycles. The van der Waals surface area contributed by atoms with Gasteiger partial charge in [0.2, 0.25) is 0 Å². The van der Waals surface area contributed by atoms with Crippen LogP contribution in [-0.2, 0) is 6.42 Å². The minimum atomic E-state index is -0.185. The van der Waals surface area contributed by atoms with Gasteiger partial charge in [-0.1, -0.05) is 44.2 Å². The SMILES string of the molecule is CCNC(c1ccc(CC)cc1)c1ccc(F)cc1I. The summed E-state index contributed by atoms with van der Waals surface area (Å²) in [6.07, 6.45) is 1.04. The third kappa shape index (κ3) is 3.58. The molecule has 1 nitrogen and oxygen atoms in total. The molecule has 0 bridgehead atoms. The highest BCUT2D eigenvalue weighted by molar-refractivity contribution is 14.1. The summed E-state index contributed by atoms with van der Waals surface area (Å²) in [7, 11) is 0. The third-order valence-electron chi connectivity index (χ3n) is 3.40. The maximum atomic E-state index is 13.3. The maximum absolute atomic E-state index is 13.3. The van der Waals surface area contributed by atoms with Crippen LogP contribution in [0.4, 0.5) is 4.39 Å². The molecule has 1 atom stereocenters. The van der Waals surface area contributed by atoms with Crippen molar-refractivity contribution in [1.82, 2.24) is 5.32 Å². The van der Waals surface area contributed by atoms with Crippen LogP contribution < -0.4 is 5.32 Å². The summed E-state index contributed by atoms with van der Waals surface area (Å²) in [6.45, 7) is 5.11. The molecule has 0 aliphatic rings. The quantitative estimate of drug-likeness (QED) is 0.739. The Morgan fingerprint density at radius 1 is 1.10 bits per heavy atom. The molecule has 2 rings (SSSR count). The number of nitrogens with one attached hydrogen (secondary N) is 1. The first-order chi connectivity index (χ1) is 9.65. The van der Waals surface area contributed by atoms with Crippen molar-refractivity contribution in [2.45, 2.75) is 26.3 Å². The zero-order chi connectivity index (χ0) is 14.5. The molecule has 0 radical (unpaired) electrons. The smallest absolute Gasteiger partial charge is 0.124 e. The van der Waals surface area contributed by atoms with E-state index in [0.717, 1.165) is 22.1 Å². The zero-order valence-electron chi connectivity index (χ0n) is 11.8. The summed E-state index contributed by atoms with van der Waals surface area (Å²) < 4.78 is 14.2. The fourth-order valence-corrected chi connectivity index (χ4v) is 3.08. The highest BCUT2D eigenvalue weighted by atomic mass is 127. The lowest BCUT2D eigenvalue weighted by Gasteiger charge is -2.20. The van der Waals surface area contributed by atoms with E-state index in [1.807, 2.05) is 6.07 Å². The number of rotatable bonds is 5. The van der Waals surface area contributed by atoms with Gasteiger partial charge in [0.15, 0.2) is 0 Å². The molecule has 20 heavy (non-hydrogen) atoms. The van der Waals surface area contributed by atoms with E-state index < -0.39 is 0 Å². The first-order valence-electron chi connectivity index (χ1n) is 6.92. The van der Waals surface area contributed by atoms with Gasteiger partial charge in [0.05, 0.1) is 6.04 Å². The topological polar surface area (TPSA) is 12.0 Å². The number of hydrogen-bond acceptors (Lipinski definition) is 1. The van der Waals surface area contributed by atoms with Crippen LogP contribution in [-0.4, -0.2) is 6.54 Å². The molecule has 106 valence electrons. The van der Waals surface area contributed by atoms with Crippen molar-refractivity contribution < 1.29 is 4.39 Å². The number of halogens is 2. The molecular formula is C17H19FIN. The van der Waals surface area contributed by atoms with Crippen LogP contribution in [0.15, 0.2) is 42.5 Å². The van der Waals surface area contributed by atoms with Crippen LogP contribution >= 0.6 is 22.6 Å². The molecule has 3 heteroatoms. The van der Waals surface area contributed by atoms with Gasteiger partial charge in [-0.2, -0.15) is 0 Å². The minimum Gasteiger partial charge on any atom is -0.306 e. The molecular weight excluding hydrogens is 364 g/mol. The van der Waals surface area contributed by atoms with Gasteiger partial charge < -0.3 is 5.32 Å². The number of aryl methyl sites for hydroxylation is 1. The summed E-state index contributed by atoms with van der Waals surface area (Å²) in [5.41, 5.74) is 3.67. The Labute approximate surface area is 133 Å². The van der Waals surface area contributed by atoms with Gasteiger partial charge in [0, 0.05) is 3.57 Å². The van der Waals surface area contributed by atoms with Gasteiger partial charge in [-0.3, -0.25) is 0 Å². The normalized spacial score (nSPS) is 12.4. The Morgan fingerprint density at radius 3 is 2.35 bits per heavy atom. The van der Waals surface area contributed by atoms with E-state index in [1.165, 1.54) is 17.2 Å². The van der Waals surface area contributed by atoms with E-state index in [-0.39, 0.29) is 11.9 Å². The maximum Gasteiger partial charge on any atom is 0.124 e. The molecule has 0 saturated heterocycles. The zero-order valence-corrected chi connectivity index (χ0v) is 13.9. The lowest BCUT2D eigenvalue weighted by atomic mass is 9.97. The van der Waals surface area contributed by atoms with E-state index in [9.17, 15) is 4.39 Å². The average molecular weight is 383 g/mol. The van der Waals surface area contributed by atoms with Crippen LogP contribution in [0, 0.1) is 9.39 Å². The van der Waals surface area contributed by atoms with Gasteiger partial charge in [0.25, 0.3) is 0 Å². The van der Waals surface area contributed by atoms with Crippen LogP contribution in [0.25, 0.3) is 0 Å². The lowest BCUT2D eigenvalue weighted by Crippen LogP contribution is -2.22. The molecule has 2 aromatic rings. The Bertz CT molecular complexity index is 566. The Balaban J connectivity index is 2.38. The van der Waals surface area contributed by atoms with Gasteiger partial charge >= 0.3 is 0 Å². The highest BCUT2D eigenvalue weighted by Crippen LogP contribution is 2.27. The Hall–Kier alpha value is -0.940. The second-order valence-electron chi connectivity index (χ2n) is 4.75. The molecule has 0 saturated carbocycles. The van der Waals surface area contributed by atoms with Crippen LogP contribution in [0.3, 0.4) is 0 Å². The fraction of sp³-hybridized carbons (Fsp3) is 0.294. The number of benzene rings is 2. The van der Waals surface area contributed by atoms with Gasteiger partial charge in [0.1, 0.15) is 5.82 Å². The molecule has 0 spiro atoms. The first kappa shape index (κ1) is 15.4. The molecule has 1 unspecified atom stereocenters. The largest absolute Gasteiger partial charge is 0.306 e. The van der Waals surface area contributed by atoms with E-state index in [0.29, 0.717) is 0 Å². The molecule has 0 aliphatic heterocycles. The Morgan fingerprint density at radius 2 is 1.80 bits per heavy atom. The average Bonchev–Trinajstić information content (AvgIpc) is 2.46. The van der Waals surface area contributed by atoms with Crippen molar-refractivity contribution in [2.24, 2.45) is 0 Å². The van der Waals surface area contributed by atoms with E-state index in [2.05, 4.69) is 66.0 Å². The highest BCUT2D eigenvalue weighted by Gasteiger charge is 2.16. The van der Waals surface area contributed by atoms with Crippen molar-refractivity contribution in [3.8, 4) is 0 Å². The van der Waals surface area contributed by atoms with E-state index in [4.69, 9.17) is 0 Å². The first-order valence-corrected chi connectivity index (χ1v) is 8.00. The second-order valence-corrected chi connectivity index (χ2v) is 5.91. The lowest BCUT2D eigenvalue weighted by molar-refractivity contribution is 0.610. The third-order valence-corrected chi connectivity index (χ3v) is 4.34. The molecule has 0 fully saturated rings. The van der Waals surface area contributed by atoms with Gasteiger partial charge in [-0.25, -0.2) is 4.39 Å². The predicted molar refractivity (Wildman–Crippen MR) is 90.5 cm³/mol. The van der Waals surface area contributed by atoms with Crippen molar-refractivity contribution in [1.29, 1.82) is 0 Å². The van der Waals surface area contributed by atoms with E-state index in [1.54, 1.807) is 6.07 Å². The summed E-state index contributed by atoms with van der Waals surface area (Å²) >= 11 is 2.20. The fourth-order valence-electron chi connectivity index (χ4n) is 2.29. The monoisotopic (exact) mass is 383 g/mol. The van der Waals surface area contributed by atoms with Crippen LogP contribution in [0.5, 0.6) is 0 Å². The van der Waals surface area contributed by atoms with Gasteiger partial charge in [-0.05, 0) is 64.4 Å². The minimum absolute atomic E-state index is 0.110. The molecule has 1 N–H and O–H groups in total. The van der Waals surface area contributed by atoms with Crippen molar-refractivity contribution in [2.75, 3.05) is 6.54 Å². The summed E-state index contributed by atoms with van der Waals surface area (Å²) in [5, 5.41) is 3.49. The van der Waals surface area contributed by atoms with Crippen molar-refractivity contribution >= 4 is 22.6 Å². The molecule has 0 amide bonds. The summed E-state index contributed by atoms with van der Waals surface area (Å²) in [6, 6.07) is 13.7. The van der Waals surface area contributed by atoms with Crippen molar-refractivity contribution in [3.05, 3.63) is 68.5 Å². The van der Waals surface area contributed by atoms with E-state index >= 15 is 0 Å². The molecule has 0 aliphatic carbocycles. The van der Waals surface area contributed by atoms with Crippen LogP contribution in [0.2, 0.25) is 0 Å². The van der Waals surface area contributed by atoms with Gasteiger partial charge in [-0.15, -0.1) is 0 Å². The molecule has 0 aromatic heterocycles. The number of hydrogen-bond donors (Lipinski definition) is 1. The van der Waals surface area contributed by atoms with Crippen molar-refractivity contribution in [3.63, 3.8) is 0 Å². The molecule has 2 aromatic carbocycles. The standard InChI is InChI=1S/C17H19FIN/c1-3-12-5-7-13(8-6-12)17(20-4-2)15-10-9-14(18)11-16(15)19/h5-11,17,20H,3-4H2,1-2H3. The van der Waals surface area contributed by atoms with Crippen LogP contribution in [0.1, 0.15) is 36.6 Å². The summed E-state index contributed by atoms with van der Waals surface area (Å²) in [4.78, 5) is 0.